The maximum atomic E-state index is 13.1. The SMILES string of the molecule is COc1cccc(-c2ccc(CNC(=O)C3CC3c3ccccc3)c3c2CCN(C(=O)Nc2cc(C)no2)C3)c1. The number of hydrogen-bond acceptors (Lipinski definition) is 5. The van der Waals surface area contributed by atoms with Crippen LogP contribution in [-0.4, -0.2) is 35.6 Å². The monoisotopic (exact) mass is 536 g/mol. The summed E-state index contributed by atoms with van der Waals surface area (Å²) in [4.78, 5) is 27.9. The Kier molecular flexibility index (Phi) is 6.99. The van der Waals surface area contributed by atoms with Crippen LogP contribution < -0.4 is 15.4 Å². The first-order valence-electron chi connectivity index (χ1n) is 13.6. The topological polar surface area (TPSA) is 96.7 Å². The first-order chi connectivity index (χ1) is 19.5. The number of nitrogens with one attached hydrogen (secondary N) is 2. The largest absolute Gasteiger partial charge is 0.497 e. The molecule has 3 amide bonds. The maximum Gasteiger partial charge on any atom is 0.324 e. The number of urea groups is 1. The van der Waals surface area contributed by atoms with Crippen molar-refractivity contribution in [1.82, 2.24) is 15.4 Å². The number of benzene rings is 3. The van der Waals surface area contributed by atoms with E-state index in [0.29, 0.717) is 37.6 Å². The highest BCUT2D eigenvalue weighted by atomic mass is 16.5. The molecule has 1 aliphatic heterocycles. The lowest BCUT2D eigenvalue weighted by molar-refractivity contribution is -0.122. The molecule has 0 saturated heterocycles. The average Bonchev–Trinajstić information content (AvgIpc) is 3.70. The predicted octanol–water partition coefficient (Wildman–Crippen LogP) is 5.67. The van der Waals surface area contributed by atoms with Crippen LogP contribution in [-0.2, 0) is 24.3 Å². The van der Waals surface area contributed by atoms with Crippen LogP contribution in [0.5, 0.6) is 5.75 Å². The highest BCUT2D eigenvalue weighted by Crippen LogP contribution is 2.47. The van der Waals surface area contributed by atoms with Gasteiger partial charge in [0.1, 0.15) is 5.75 Å². The Morgan fingerprint density at radius 3 is 2.67 bits per heavy atom. The number of methoxy groups -OCH3 is 1. The zero-order valence-electron chi connectivity index (χ0n) is 22.6. The highest BCUT2D eigenvalue weighted by molar-refractivity contribution is 5.88. The average molecular weight is 537 g/mol. The molecule has 40 heavy (non-hydrogen) atoms. The first-order valence-corrected chi connectivity index (χ1v) is 13.6. The lowest BCUT2D eigenvalue weighted by Gasteiger charge is -2.32. The van der Waals surface area contributed by atoms with Gasteiger partial charge in [-0.05, 0) is 71.2 Å². The van der Waals surface area contributed by atoms with E-state index in [1.807, 2.05) is 36.4 Å². The van der Waals surface area contributed by atoms with Crippen LogP contribution in [0.2, 0.25) is 0 Å². The molecule has 2 N–H and O–H groups in total. The summed E-state index contributed by atoms with van der Waals surface area (Å²) in [7, 11) is 1.66. The number of rotatable bonds is 7. The van der Waals surface area contributed by atoms with Crippen molar-refractivity contribution in [3.05, 3.63) is 101 Å². The second kappa shape index (κ2) is 10.9. The smallest absolute Gasteiger partial charge is 0.324 e. The second-order valence-corrected chi connectivity index (χ2v) is 10.5. The molecule has 204 valence electrons. The highest BCUT2D eigenvalue weighted by Gasteiger charge is 2.43. The van der Waals surface area contributed by atoms with Crippen molar-refractivity contribution in [2.24, 2.45) is 5.92 Å². The van der Waals surface area contributed by atoms with E-state index in [1.54, 1.807) is 25.0 Å². The molecule has 8 nitrogen and oxygen atoms in total. The van der Waals surface area contributed by atoms with E-state index in [-0.39, 0.29) is 23.8 Å². The molecule has 0 bridgehead atoms. The summed E-state index contributed by atoms with van der Waals surface area (Å²) in [6, 6.07) is 23.8. The van der Waals surface area contributed by atoms with Crippen molar-refractivity contribution < 1.29 is 18.8 Å². The first kappa shape index (κ1) is 25.7. The summed E-state index contributed by atoms with van der Waals surface area (Å²) < 4.78 is 10.6. The van der Waals surface area contributed by atoms with E-state index in [9.17, 15) is 9.59 Å². The molecule has 2 unspecified atom stereocenters. The Hall–Kier alpha value is -4.59. The van der Waals surface area contributed by atoms with Crippen molar-refractivity contribution in [3.63, 3.8) is 0 Å². The lowest BCUT2D eigenvalue weighted by atomic mass is 9.87. The van der Waals surface area contributed by atoms with Crippen LogP contribution in [0.25, 0.3) is 11.1 Å². The second-order valence-electron chi connectivity index (χ2n) is 10.5. The predicted molar refractivity (Wildman–Crippen MR) is 152 cm³/mol. The number of anilines is 1. The van der Waals surface area contributed by atoms with Gasteiger partial charge in [0.2, 0.25) is 11.8 Å². The van der Waals surface area contributed by atoms with Gasteiger partial charge in [-0.15, -0.1) is 0 Å². The number of amides is 3. The Bertz CT molecular complexity index is 1550. The van der Waals surface area contributed by atoms with E-state index in [0.717, 1.165) is 34.4 Å². The molecule has 1 aliphatic carbocycles. The third kappa shape index (κ3) is 5.30. The van der Waals surface area contributed by atoms with E-state index >= 15 is 0 Å². The Morgan fingerprint density at radius 1 is 1.05 bits per heavy atom. The molecule has 0 radical (unpaired) electrons. The number of carbonyl (C=O) groups is 2. The zero-order valence-corrected chi connectivity index (χ0v) is 22.6. The van der Waals surface area contributed by atoms with E-state index in [2.05, 4.69) is 46.1 Å². The quantitative estimate of drug-likeness (QED) is 0.317. The molecule has 1 aromatic heterocycles. The molecule has 4 aromatic rings. The van der Waals surface area contributed by atoms with E-state index in [1.165, 1.54) is 11.1 Å². The number of aromatic nitrogens is 1. The van der Waals surface area contributed by atoms with Crippen LogP contribution in [0.1, 0.15) is 40.3 Å². The fourth-order valence-corrected chi connectivity index (χ4v) is 5.61. The van der Waals surface area contributed by atoms with Gasteiger partial charge in [-0.1, -0.05) is 59.8 Å². The van der Waals surface area contributed by atoms with Crippen LogP contribution >= 0.6 is 0 Å². The summed E-state index contributed by atoms with van der Waals surface area (Å²) in [6.07, 6.45) is 1.56. The van der Waals surface area contributed by atoms with Crippen LogP contribution in [0.3, 0.4) is 0 Å². The summed E-state index contributed by atoms with van der Waals surface area (Å²) in [5.74, 6) is 1.47. The standard InChI is InChI=1S/C32H32N4O4/c1-20-15-30(40-35-20)34-32(38)36-14-13-26-25(22-9-6-10-24(16-22)39-2)12-11-23(29(26)19-36)18-33-31(37)28-17-27(28)21-7-4-3-5-8-21/h3-12,15-16,27-28H,13-14,17-19H2,1-2H3,(H,33,37)(H,34,38). The fraction of sp³-hybridized carbons (Fsp3) is 0.281. The maximum absolute atomic E-state index is 13.1. The normalized spacial score (nSPS) is 17.6. The number of ether oxygens (including phenoxy) is 1. The van der Waals surface area contributed by atoms with Gasteiger partial charge >= 0.3 is 6.03 Å². The number of fused-ring (bicyclic) bond motifs is 1. The Morgan fingerprint density at radius 2 is 1.90 bits per heavy atom. The van der Waals surface area contributed by atoms with Gasteiger partial charge in [-0.2, -0.15) is 0 Å². The third-order valence-electron chi connectivity index (χ3n) is 7.84. The molecule has 6 rings (SSSR count). The van der Waals surface area contributed by atoms with Gasteiger partial charge in [-0.25, -0.2) is 4.79 Å². The minimum absolute atomic E-state index is 0.00178. The number of aryl methyl sites for hydroxylation is 1. The van der Waals surface area contributed by atoms with Gasteiger partial charge in [0.05, 0.1) is 12.8 Å². The van der Waals surface area contributed by atoms with E-state index < -0.39 is 0 Å². The molecule has 1 saturated carbocycles. The number of hydrogen-bond donors (Lipinski definition) is 2. The molecule has 2 aliphatic rings. The number of nitrogens with zero attached hydrogens (tertiary/aromatic N) is 2. The summed E-state index contributed by atoms with van der Waals surface area (Å²) in [5.41, 5.74) is 7.35. The number of carbonyl (C=O) groups excluding carboxylic acids is 2. The Balaban J connectivity index is 1.24. The van der Waals surface area contributed by atoms with Gasteiger partial charge in [0.15, 0.2) is 0 Å². The van der Waals surface area contributed by atoms with Crippen molar-refractivity contribution in [3.8, 4) is 16.9 Å². The molecule has 3 aromatic carbocycles. The molecular formula is C32H32N4O4. The molecule has 1 fully saturated rings. The minimum atomic E-state index is -0.243. The molecule has 8 heteroatoms. The lowest BCUT2D eigenvalue weighted by Crippen LogP contribution is -2.39. The molecule has 2 heterocycles. The minimum Gasteiger partial charge on any atom is -0.497 e. The van der Waals surface area contributed by atoms with Crippen LogP contribution in [0, 0.1) is 12.8 Å². The molecular weight excluding hydrogens is 504 g/mol. The van der Waals surface area contributed by atoms with E-state index in [4.69, 9.17) is 9.26 Å². The van der Waals surface area contributed by atoms with Crippen molar-refractivity contribution >= 4 is 17.8 Å². The van der Waals surface area contributed by atoms with Gasteiger partial charge in [-0.3, -0.25) is 10.1 Å². The molecule has 0 spiro atoms. The van der Waals surface area contributed by atoms with Crippen molar-refractivity contribution in [2.75, 3.05) is 19.0 Å². The van der Waals surface area contributed by atoms with Crippen LogP contribution in [0.15, 0.2) is 77.3 Å². The Labute approximate surface area is 233 Å². The van der Waals surface area contributed by atoms with Crippen LogP contribution in [0.4, 0.5) is 10.7 Å². The summed E-state index contributed by atoms with van der Waals surface area (Å²) >= 11 is 0. The fourth-order valence-electron chi connectivity index (χ4n) is 5.61. The summed E-state index contributed by atoms with van der Waals surface area (Å²) in [6.45, 7) is 3.20. The van der Waals surface area contributed by atoms with Crippen molar-refractivity contribution in [2.45, 2.75) is 38.8 Å². The van der Waals surface area contributed by atoms with Crippen molar-refractivity contribution in [1.29, 1.82) is 0 Å². The molecule has 2 atom stereocenters. The zero-order chi connectivity index (χ0) is 27.6. The van der Waals surface area contributed by atoms with Gasteiger partial charge in [0, 0.05) is 31.6 Å². The third-order valence-corrected chi connectivity index (χ3v) is 7.84. The van der Waals surface area contributed by atoms with Gasteiger partial charge < -0.3 is 19.5 Å². The summed E-state index contributed by atoms with van der Waals surface area (Å²) in [5, 5.41) is 9.83. The van der Waals surface area contributed by atoms with Gasteiger partial charge in [0.25, 0.3) is 0 Å².